The summed E-state index contributed by atoms with van der Waals surface area (Å²) < 4.78 is 7.40. The minimum Gasteiger partial charge on any atom is -0.497 e. The molecule has 1 aliphatic rings. The second kappa shape index (κ2) is 11.7. The predicted molar refractivity (Wildman–Crippen MR) is 157 cm³/mol. The first-order valence-electron chi connectivity index (χ1n) is 14.0. The van der Waals surface area contributed by atoms with E-state index in [1.165, 1.54) is 0 Å². The van der Waals surface area contributed by atoms with Crippen LogP contribution in [0.5, 0.6) is 5.75 Å². The van der Waals surface area contributed by atoms with Gasteiger partial charge in [-0.1, -0.05) is 67.4 Å². The summed E-state index contributed by atoms with van der Waals surface area (Å²) >= 11 is 0. The number of carbonyl (C=O) groups is 1. The highest BCUT2D eigenvalue weighted by atomic mass is 16.5. The number of rotatable bonds is 9. The molecule has 1 fully saturated rings. The van der Waals surface area contributed by atoms with E-state index in [0.717, 1.165) is 64.7 Å². The molecule has 202 valence electrons. The minimum absolute atomic E-state index is 0.167. The number of ether oxygens (including phenoxy) is 1. The van der Waals surface area contributed by atoms with Crippen LogP contribution < -0.4 is 4.74 Å². The summed E-state index contributed by atoms with van der Waals surface area (Å²) in [6, 6.07) is 26.4. The number of nitrogens with zero attached hydrogens (tertiary/aromatic N) is 5. The van der Waals surface area contributed by atoms with E-state index in [-0.39, 0.29) is 11.9 Å². The van der Waals surface area contributed by atoms with Gasteiger partial charge < -0.3 is 9.64 Å². The van der Waals surface area contributed by atoms with Crippen LogP contribution in [0.3, 0.4) is 0 Å². The van der Waals surface area contributed by atoms with E-state index in [4.69, 9.17) is 14.8 Å². The van der Waals surface area contributed by atoms with Crippen molar-refractivity contribution in [2.75, 3.05) is 13.7 Å². The Morgan fingerprint density at radius 1 is 0.950 bits per heavy atom. The van der Waals surface area contributed by atoms with E-state index in [2.05, 4.69) is 34.1 Å². The molecule has 1 amide bonds. The van der Waals surface area contributed by atoms with Gasteiger partial charge >= 0.3 is 0 Å². The largest absolute Gasteiger partial charge is 0.497 e. The van der Waals surface area contributed by atoms with E-state index in [9.17, 15) is 4.79 Å². The molecule has 1 saturated carbocycles. The molecule has 40 heavy (non-hydrogen) atoms. The number of aromatic nitrogens is 4. The molecule has 7 heteroatoms. The van der Waals surface area contributed by atoms with Gasteiger partial charge in [0.2, 0.25) is 5.91 Å². The standard InChI is InChI=1S/C33H33N5O2/c1-40-29-14-7-11-27(22-29)33-35-32(25-16-18-34-19-17-25)36-38(33)21-20-37(28-12-3-4-13-28)31(39)23-26-10-6-9-24-8-2-5-15-30(24)26/h2,5-11,14-19,22,28H,3-4,12-13,20-21,23H2,1H3. The van der Waals surface area contributed by atoms with Crippen molar-refractivity contribution >= 4 is 16.7 Å². The van der Waals surface area contributed by atoms with Gasteiger partial charge in [0.05, 0.1) is 20.1 Å². The molecular formula is C33H33N5O2. The molecule has 2 aromatic heterocycles. The van der Waals surface area contributed by atoms with Crippen LogP contribution in [0.2, 0.25) is 0 Å². The second-order valence-electron chi connectivity index (χ2n) is 10.3. The number of fused-ring (bicyclic) bond motifs is 1. The number of amides is 1. The molecular weight excluding hydrogens is 498 g/mol. The zero-order valence-corrected chi connectivity index (χ0v) is 22.7. The maximum absolute atomic E-state index is 13.9. The zero-order chi connectivity index (χ0) is 27.3. The Hall–Kier alpha value is -4.52. The Labute approximate surface area is 234 Å². The predicted octanol–water partition coefficient (Wildman–Crippen LogP) is 6.18. The van der Waals surface area contributed by atoms with Crippen molar-refractivity contribution in [3.05, 3.63) is 96.8 Å². The topological polar surface area (TPSA) is 73.1 Å². The van der Waals surface area contributed by atoms with E-state index >= 15 is 0 Å². The van der Waals surface area contributed by atoms with Gasteiger partial charge in [-0.15, -0.1) is 0 Å². The smallest absolute Gasteiger partial charge is 0.227 e. The van der Waals surface area contributed by atoms with E-state index in [1.807, 2.05) is 59.3 Å². The maximum Gasteiger partial charge on any atom is 0.227 e. The molecule has 3 aromatic carbocycles. The average molecular weight is 532 g/mol. The minimum atomic E-state index is 0.167. The van der Waals surface area contributed by atoms with Crippen molar-refractivity contribution in [1.82, 2.24) is 24.6 Å². The lowest BCUT2D eigenvalue weighted by Gasteiger charge is -2.29. The molecule has 1 aliphatic carbocycles. The summed E-state index contributed by atoms with van der Waals surface area (Å²) in [7, 11) is 1.66. The first-order chi connectivity index (χ1) is 19.7. The van der Waals surface area contributed by atoms with Crippen molar-refractivity contribution in [2.24, 2.45) is 0 Å². The van der Waals surface area contributed by atoms with Gasteiger partial charge in [0.15, 0.2) is 11.6 Å². The fourth-order valence-corrected chi connectivity index (χ4v) is 5.74. The first kappa shape index (κ1) is 25.7. The summed E-state index contributed by atoms with van der Waals surface area (Å²) in [6.45, 7) is 1.12. The Morgan fingerprint density at radius 2 is 1.73 bits per heavy atom. The van der Waals surface area contributed by atoms with E-state index in [0.29, 0.717) is 25.3 Å². The van der Waals surface area contributed by atoms with Crippen LogP contribution in [0, 0.1) is 0 Å². The third-order valence-corrected chi connectivity index (χ3v) is 7.80. The van der Waals surface area contributed by atoms with Gasteiger partial charge in [-0.3, -0.25) is 9.78 Å². The molecule has 0 aliphatic heterocycles. The van der Waals surface area contributed by atoms with Crippen LogP contribution >= 0.6 is 0 Å². The highest BCUT2D eigenvalue weighted by molar-refractivity contribution is 5.90. The number of carbonyl (C=O) groups excluding carboxylic acids is 1. The fraction of sp³-hybridized carbons (Fsp3) is 0.273. The molecule has 0 radical (unpaired) electrons. The van der Waals surface area contributed by atoms with Crippen molar-refractivity contribution in [3.63, 3.8) is 0 Å². The summed E-state index contributed by atoms with van der Waals surface area (Å²) in [6.07, 6.45) is 8.29. The van der Waals surface area contributed by atoms with Gasteiger partial charge in [-0.25, -0.2) is 9.67 Å². The average Bonchev–Trinajstić information content (AvgIpc) is 3.69. The van der Waals surface area contributed by atoms with Crippen LogP contribution in [-0.4, -0.2) is 50.3 Å². The first-order valence-corrected chi connectivity index (χ1v) is 14.0. The van der Waals surface area contributed by atoms with Crippen molar-refractivity contribution in [2.45, 2.75) is 44.7 Å². The summed E-state index contributed by atoms with van der Waals surface area (Å²) in [4.78, 5) is 25.0. The highest BCUT2D eigenvalue weighted by Crippen LogP contribution is 2.28. The van der Waals surface area contributed by atoms with Crippen molar-refractivity contribution < 1.29 is 9.53 Å². The number of pyridine rings is 1. The quantitative estimate of drug-likeness (QED) is 0.227. The van der Waals surface area contributed by atoms with Gasteiger partial charge in [-0.05, 0) is 53.4 Å². The Balaban J connectivity index is 1.30. The van der Waals surface area contributed by atoms with E-state index < -0.39 is 0 Å². The normalized spacial score (nSPS) is 13.5. The van der Waals surface area contributed by atoms with E-state index in [1.54, 1.807) is 19.5 Å². The zero-order valence-electron chi connectivity index (χ0n) is 22.7. The number of hydrogen-bond acceptors (Lipinski definition) is 5. The Kier molecular flexibility index (Phi) is 7.53. The highest BCUT2D eigenvalue weighted by Gasteiger charge is 2.27. The van der Waals surface area contributed by atoms with Gasteiger partial charge in [0.1, 0.15) is 5.75 Å². The summed E-state index contributed by atoms with van der Waals surface area (Å²) in [5.74, 6) is 2.31. The lowest BCUT2D eigenvalue weighted by atomic mass is 10.0. The maximum atomic E-state index is 13.9. The van der Waals surface area contributed by atoms with Crippen LogP contribution in [-0.2, 0) is 17.8 Å². The second-order valence-corrected chi connectivity index (χ2v) is 10.3. The Morgan fingerprint density at radius 3 is 2.55 bits per heavy atom. The third-order valence-electron chi connectivity index (χ3n) is 7.80. The van der Waals surface area contributed by atoms with Crippen LogP contribution in [0.1, 0.15) is 31.2 Å². The molecule has 7 nitrogen and oxygen atoms in total. The molecule has 0 N–H and O–H groups in total. The van der Waals surface area contributed by atoms with Crippen LogP contribution in [0.4, 0.5) is 0 Å². The monoisotopic (exact) mass is 531 g/mol. The molecule has 5 aromatic rings. The molecule has 6 rings (SSSR count). The molecule has 0 saturated heterocycles. The van der Waals surface area contributed by atoms with Crippen molar-refractivity contribution in [3.8, 4) is 28.5 Å². The molecule has 2 heterocycles. The number of hydrogen-bond donors (Lipinski definition) is 0. The lowest BCUT2D eigenvalue weighted by Crippen LogP contribution is -2.42. The molecule has 0 bridgehead atoms. The van der Waals surface area contributed by atoms with Gasteiger partial charge in [-0.2, -0.15) is 5.10 Å². The molecule has 0 spiro atoms. The SMILES string of the molecule is COc1cccc(-c2nc(-c3ccncc3)nn2CCN(C(=O)Cc2cccc3ccccc23)C2CCCC2)c1. The number of benzene rings is 3. The molecule has 0 unspecified atom stereocenters. The van der Waals surface area contributed by atoms with Crippen LogP contribution in [0.25, 0.3) is 33.5 Å². The van der Waals surface area contributed by atoms with Crippen LogP contribution in [0.15, 0.2) is 91.3 Å². The summed E-state index contributed by atoms with van der Waals surface area (Å²) in [5.41, 5.74) is 2.89. The summed E-state index contributed by atoms with van der Waals surface area (Å²) in [5, 5.41) is 7.20. The lowest BCUT2D eigenvalue weighted by molar-refractivity contribution is -0.132. The van der Waals surface area contributed by atoms with Gasteiger partial charge in [0, 0.05) is 36.1 Å². The third kappa shape index (κ3) is 5.45. The number of methoxy groups -OCH3 is 1. The fourth-order valence-electron chi connectivity index (χ4n) is 5.74. The molecule has 0 atom stereocenters. The van der Waals surface area contributed by atoms with Gasteiger partial charge in [0.25, 0.3) is 0 Å². The Bertz CT molecular complexity index is 1600. The van der Waals surface area contributed by atoms with Crippen molar-refractivity contribution in [1.29, 1.82) is 0 Å².